The van der Waals surface area contributed by atoms with Crippen molar-refractivity contribution in [2.24, 2.45) is 4.99 Å². The zero-order valence-corrected chi connectivity index (χ0v) is 16.6. The van der Waals surface area contributed by atoms with Crippen LogP contribution in [0.2, 0.25) is 5.02 Å². The maximum atomic E-state index is 6.31. The molecule has 0 amide bonds. The molecule has 0 saturated carbocycles. The molecule has 0 spiro atoms. The number of pyridine rings is 1. The lowest BCUT2D eigenvalue weighted by atomic mass is 9.94. The molecule has 0 N–H and O–H groups in total. The summed E-state index contributed by atoms with van der Waals surface area (Å²) in [6, 6.07) is 22.0. The van der Waals surface area contributed by atoms with Crippen LogP contribution in [-0.4, -0.2) is 17.2 Å². The fourth-order valence-corrected chi connectivity index (χ4v) is 3.96. The Morgan fingerprint density at radius 3 is 2.83 bits per heavy atom. The first-order valence-electron chi connectivity index (χ1n) is 9.73. The molecule has 0 saturated heterocycles. The van der Waals surface area contributed by atoms with E-state index in [2.05, 4.69) is 35.3 Å². The van der Waals surface area contributed by atoms with Gasteiger partial charge in [-0.1, -0.05) is 35.9 Å². The zero-order chi connectivity index (χ0) is 19.6. The molecule has 1 aliphatic rings. The molecule has 0 aliphatic carbocycles. The minimum Gasteiger partial charge on any atom is -0.457 e. The third kappa shape index (κ3) is 3.62. The van der Waals surface area contributed by atoms with E-state index in [1.54, 1.807) is 0 Å². The van der Waals surface area contributed by atoms with Crippen LogP contribution in [0.15, 0.2) is 87.9 Å². The largest absolute Gasteiger partial charge is 0.457 e. The van der Waals surface area contributed by atoms with Crippen LogP contribution in [-0.2, 0) is 0 Å². The first-order chi connectivity index (χ1) is 14.3. The predicted molar refractivity (Wildman–Crippen MR) is 120 cm³/mol. The van der Waals surface area contributed by atoms with Crippen molar-refractivity contribution in [1.29, 1.82) is 0 Å². The minimum atomic E-state index is 0.686. The lowest BCUT2D eigenvalue weighted by molar-refractivity contribution is 0.571. The number of nitrogens with zero attached hydrogens (tertiary/aromatic N) is 2. The third-order valence-corrected chi connectivity index (χ3v) is 5.47. The average molecular weight is 399 g/mol. The second-order valence-corrected chi connectivity index (χ2v) is 7.50. The highest BCUT2D eigenvalue weighted by Crippen LogP contribution is 2.31. The summed E-state index contributed by atoms with van der Waals surface area (Å²) in [5.74, 6) is 1.58. The fraction of sp³-hybridized carbons (Fsp3) is 0.120. The Balaban J connectivity index is 1.51. The Morgan fingerprint density at radius 1 is 0.966 bits per heavy atom. The highest BCUT2D eigenvalue weighted by atomic mass is 35.5. The summed E-state index contributed by atoms with van der Waals surface area (Å²) in [5, 5.41) is 1.81. The summed E-state index contributed by atoms with van der Waals surface area (Å²) in [6.07, 6.45) is 5.94. The molecule has 142 valence electrons. The molecule has 1 aliphatic heterocycles. The van der Waals surface area contributed by atoms with Crippen molar-refractivity contribution in [1.82, 2.24) is 4.98 Å². The summed E-state index contributed by atoms with van der Waals surface area (Å²) in [7, 11) is 0. The maximum Gasteiger partial charge on any atom is 0.136 e. The van der Waals surface area contributed by atoms with E-state index in [4.69, 9.17) is 21.0 Å². The molecular weight excluding hydrogens is 380 g/mol. The quantitative estimate of drug-likeness (QED) is 0.380. The van der Waals surface area contributed by atoms with Crippen molar-refractivity contribution in [3.05, 3.63) is 94.8 Å². The Morgan fingerprint density at radius 2 is 1.90 bits per heavy atom. The molecule has 0 bridgehead atoms. The van der Waals surface area contributed by atoms with Crippen LogP contribution in [0.1, 0.15) is 24.2 Å². The normalized spacial score (nSPS) is 15.6. The van der Waals surface area contributed by atoms with E-state index >= 15 is 0 Å². The summed E-state index contributed by atoms with van der Waals surface area (Å²) < 4.78 is 6.08. The average Bonchev–Trinajstić information content (AvgIpc) is 3.22. The Kier molecular flexibility index (Phi) is 4.74. The van der Waals surface area contributed by atoms with Gasteiger partial charge in [0.2, 0.25) is 0 Å². The van der Waals surface area contributed by atoms with Gasteiger partial charge in [-0.2, -0.15) is 0 Å². The standard InChI is InChI=1S/C25H19ClN2O/c26-22-8-2-1-7-21(22)24-12-10-20(29-24)16-18-6-4-14-28-25(18)19-9-11-23-17(15-19)5-3-13-27-23/h1-3,5,7-13,15-16H,4,6,14H2. The van der Waals surface area contributed by atoms with E-state index < -0.39 is 0 Å². The fourth-order valence-electron chi connectivity index (χ4n) is 3.73. The number of rotatable bonds is 3. The lowest BCUT2D eigenvalue weighted by Crippen LogP contribution is -2.11. The molecule has 0 unspecified atom stereocenters. The first-order valence-corrected chi connectivity index (χ1v) is 10.1. The molecule has 0 radical (unpaired) electrons. The molecule has 3 heterocycles. The third-order valence-electron chi connectivity index (χ3n) is 5.14. The van der Waals surface area contributed by atoms with Gasteiger partial charge in [0.15, 0.2) is 0 Å². The first kappa shape index (κ1) is 17.9. The van der Waals surface area contributed by atoms with Crippen LogP contribution in [0.4, 0.5) is 0 Å². The van der Waals surface area contributed by atoms with Gasteiger partial charge in [0.05, 0.1) is 16.3 Å². The highest BCUT2D eigenvalue weighted by molar-refractivity contribution is 6.33. The Labute approximate surface area is 174 Å². The molecule has 2 aromatic heterocycles. The summed E-state index contributed by atoms with van der Waals surface area (Å²) in [6.45, 7) is 0.848. The number of furan rings is 1. The molecule has 3 nitrogen and oxygen atoms in total. The van der Waals surface area contributed by atoms with Gasteiger partial charge in [-0.25, -0.2) is 0 Å². The molecule has 29 heavy (non-hydrogen) atoms. The SMILES string of the molecule is Clc1ccccc1-c1ccc(C=C2CCCN=C2c2ccc3ncccc3c2)o1. The van der Waals surface area contributed by atoms with Gasteiger partial charge in [0.25, 0.3) is 0 Å². The Bertz CT molecular complexity index is 1250. The molecule has 0 fully saturated rings. The van der Waals surface area contributed by atoms with Crippen LogP contribution in [0.5, 0.6) is 0 Å². The van der Waals surface area contributed by atoms with E-state index in [1.807, 2.05) is 48.7 Å². The maximum absolute atomic E-state index is 6.31. The van der Waals surface area contributed by atoms with E-state index in [9.17, 15) is 0 Å². The second-order valence-electron chi connectivity index (χ2n) is 7.10. The van der Waals surface area contributed by atoms with Crippen molar-refractivity contribution < 1.29 is 4.42 Å². The van der Waals surface area contributed by atoms with Crippen molar-refractivity contribution in [2.75, 3.05) is 6.54 Å². The van der Waals surface area contributed by atoms with Gasteiger partial charge in [-0.05, 0) is 67.0 Å². The van der Waals surface area contributed by atoms with Gasteiger partial charge in [-0.3, -0.25) is 9.98 Å². The zero-order valence-electron chi connectivity index (χ0n) is 15.8. The predicted octanol–water partition coefficient (Wildman–Crippen LogP) is 6.81. The number of fused-ring (bicyclic) bond motifs is 1. The van der Waals surface area contributed by atoms with E-state index in [0.717, 1.165) is 58.6 Å². The van der Waals surface area contributed by atoms with Crippen LogP contribution in [0, 0.1) is 0 Å². The lowest BCUT2D eigenvalue weighted by Gasteiger charge is -2.16. The molecule has 2 aromatic carbocycles. The Hall–Kier alpha value is -3.17. The molecule has 5 rings (SSSR count). The molecule has 4 aromatic rings. The van der Waals surface area contributed by atoms with Gasteiger partial charge in [-0.15, -0.1) is 0 Å². The van der Waals surface area contributed by atoms with Crippen LogP contribution < -0.4 is 0 Å². The van der Waals surface area contributed by atoms with Gasteiger partial charge in [0.1, 0.15) is 11.5 Å². The van der Waals surface area contributed by atoms with Crippen molar-refractivity contribution in [3.63, 3.8) is 0 Å². The molecule has 4 heteroatoms. The number of hydrogen-bond acceptors (Lipinski definition) is 3. The number of aromatic nitrogens is 1. The van der Waals surface area contributed by atoms with Crippen LogP contribution in [0.3, 0.4) is 0 Å². The van der Waals surface area contributed by atoms with Crippen molar-refractivity contribution >= 4 is 34.3 Å². The number of halogens is 1. The molecular formula is C25H19ClN2O. The summed E-state index contributed by atoms with van der Waals surface area (Å²) >= 11 is 6.31. The highest BCUT2D eigenvalue weighted by Gasteiger charge is 2.16. The summed E-state index contributed by atoms with van der Waals surface area (Å²) in [4.78, 5) is 9.24. The number of allylic oxidation sites excluding steroid dienone is 1. The minimum absolute atomic E-state index is 0.686. The summed E-state index contributed by atoms with van der Waals surface area (Å²) in [5.41, 5.74) is 5.25. The monoisotopic (exact) mass is 398 g/mol. The second kappa shape index (κ2) is 7.69. The van der Waals surface area contributed by atoms with Gasteiger partial charge < -0.3 is 4.42 Å². The van der Waals surface area contributed by atoms with Gasteiger partial charge in [0, 0.05) is 29.3 Å². The van der Waals surface area contributed by atoms with Crippen molar-refractivity contribution in [3.8, 4) is 11.3 Å². The molecule has 0 atom stereocenters. The van der Waals surface area contributed by atoms with Crippen molar-refractivity contribution in [2.45, 2.75) is 12.8 Å². The van der Waals surface area contributed by atoms with E-state index in [1.165, 1.54) is 5.57 Å². The smallest absolute Gasteiger partial charge is 0.136 e. The number of aliphatic imine (C=N–C) groups is 1. The number of benzene rings is 2. The van der Waals surface area contributed by atoms with Crippen LogP contribution in [0.25, 0.3) is 28.3 Å². The van der Waals surface area contributed by atoms with Gasteiger partial charge >= 0.3 is 0 Å². The van der Waals surface area contributed by atoms with E-state index in [-0.39, 0.29) is 0 Å². The topological polar surface area (TPSA) is 38.4 Å². The van der Waals surface area contributed by atoms with Crippen LogP contribution >= 0.6 is 11.6 Å². The number of hydrogen-bond donors (Lipinski definition) is 0. The van der Waals surface area contributed by atoms with E-state index in [0.29, 0.717) is 5.02 Å².